The highest BCUT2D eigenvalue weighted by molar-refractivity contribution is 6.00. The van der Waals surface area contributed by atoms with E-state index in [1.807, 2.05) is 0 Å². The summed E-state index contributed by atoms with van der Waals surface area (Å²) in [7, 11) is 1.37. The molecule has 3 aliphatic heterocycles. The predicted octanol–water partition coefficient (Wildman–Crippen LogP) is 4.63. The fourth-order valence-corrected chi connectivity index (χ4v) is 5.63. The number of rotatable bonds is 8. The maximum absolute atomic E-state index is 14.9. The second-order valence-electron chi connectivity index (χ2n) is 11.5. The van der Waals surface area contributed by atoms with Gasteiger partial charge in [0.25, 0.3) is 11.8 Å². The first-order valence-corrected chi connectivity index (χ1v) is 14.4. The number of benzene rings is 2. The van der Waals surface area contributed by atoms with Crippen molar-refractivity contribution < 1.29 is 68.8 Å². The molecule has 264 valence electrons. The van der Waals surface area contributed by atoms with E-state index in [9.17, 15) is 44.7 Å². The molecular weight excluding hydrogens is 666 g/mol. The zero-order valence-electron chi connectivity index (χ0n) is 25.6. The third kappa shape index (κ3) is 7.19. The van der Waals surface area contributed by atoms with Crippen molar-refractivity contribution in [2.24, 2.45) is 5.92 Å². The largest absolute Gasteiger partial charge is 0.490 e. The van der Waals surface area contributed by atoms with Crippen LogP contribution in [0.25, 0.3) is 0 Å². The average Bonchev–Trinajstić information content (AvgIpc) is 3.43. The average molecular weight is 698 g/mol. The Kier molecular flexibility index (Phi) is 10.6. The minimum Gasteiger partial charge on any atom is -0.488 e. The summed E-state index contributed by atoms with van der Waals surface area (Å²) in [5.41, 5.74) is -1.50. The van der Waals surface area contributed by atoms with Gasteiger partial charge in [-0.1, -0.05) is 13.0 Å². The summed E-state index contributed by atoms with van der Waals surface area (Å²) in [6, 6.07) is 6.61. The number of carbonyl (C=O) groups is 3. The number of nitrogens with one attached hydrogen (secondary N) is 2. The van der Waals surface area contributed by atoms with Gasteiger partial charge in [0.2, 0.25) is 5.82 Å². The molecule has 2 aromatic rings. The molecule has 0 bridgehead atoms. The molecule has 2 amide bonds. The second kappa shape index (κ2) is 13.8. The standard InChI is InChI=1S/C28H30F5N3O5.C2HF3O2/c1-14-21(19-6-7-20(29)22(30)23(19)40-9-8-39-3)24(41-27(14,2)28(31,32)33)25(37)35-16-4-5-18-15(10-16)13-36(26(18)38)17-11-34-12-17;3-2(4,5)1(6)7/h4-7,10,14,17,21,24,34H,8-9,11-13H2,1-3H3,(H,35,37);(H,6,7)/t14-,21-,24+,27+;/m0./s1. The van der Waals surface area contributed by atoms with Gasteiger partial charge >= 0.3 is 18.3 Å². The van der Waals surface area contributed by atoms with Gasteiger partial charge in [0.15, 0.2) is 17.2 Å². The van der Waals surface area contributed by atoms with E-state index in [4.69, 9.17) is 24.1 Å². The molecule has 18 heteroatoms. The van der Waals surface area contributed by atoms with Crippen LogP contribution in [0.2, 0.25) is 0 Å². The monoisotopic (exact) mass is 697 g/mol. The van der Waals surface area contributed by atoms with Gasteiger partial charge in [0, 0.05) is 55.4 Å². The first-order chi connectivity index (χ1) is 22.3. The van der Waals surface area contributed by atoms with Crippen LogP contribution in [-0.4, -0.2) is 91.3 Å². The molecule has 0 saturated carbocycles. The summed E-state index contributed by atoms with van der Waals surface area (Å²) in [5, 5.41) is 12.8. The van der Waals surface area contributed by atoms with Crippen LogP contribution >= 0.6 is 0 Å². The van der Waals surface area contributed by atoms with Crippen LogP contribution in [-0.2, 0) is 25.6 Å². The van der Waals surface area contributed by atoms with Crippen molar-refractivity contribution in [2.75, 3.05) is 38.7 Å². The molecule has 0 aliphatic carbocycles. The first kappa shape index (κ1) is 36.8. The number of anilines is 1. The van der Waals surface area contributed by atoms with Gasteiger partial charge in [0.1, 0.15) is 12.7 Å². The number of carbonyl (C=O) groups excluding carboxylic acids is 2. The zero-order chi connectivity index (χ0) is 35.8. The van der Waals surface area contributed by atoms with E-state index in [-0.39, 0.29) is 36.4 Å². The zero-order valence-corrected chi connectivity index (χ0v) is 25.6. The molecule has 4 atom stereocenters. The Balaban J connectivity index is 0.000000671. The number of hydrogen-bond acceptors (Lipinski definition) is 7. The minimum atomic E-state index is -5.08. The van der Waals surface area contributed by atoms with Crippen molar-refractivity contribution in [3.05, 3.63) is 58.7 Å². The van der Waals surface area contributed by atoms with Gasteiger partial charge in [-0.15, -0.1) is 0 Å². The topological polar surface area (TPSA) is 126 Å². The van der Waals surface area contributed by atoms with Gasteiger partial charge < -0.3 is 34.9 Å². The quantitative estimate of drug-likeness (QED) is 0.270. The molecule has 2 aromatic carbocycles. The highest BCUT2D eigenvalue weighted by Crippen LogP contribution is 2.55. The SMILES string of the molecule is COCCOc1c([C@H]2[C@H](C(=O)Nc3ccc4c(c3)CN(C3CNC3)C4=O)O[C@@](C)(C(F)(F)F)[C@H]2C)ccc(F)c1F.O=C(O)C(F)(F)F. The van der Waals surface area contributed by atoms with Crippen LogP contribution < -0.4 is 15.4 Å². The molecule has 3 N–H and O–H groups in total. The summed E-state index contributed by atoms with van der Waals surface area (Å²) in [5.74, 6) is -9.79. The van der Waals surface area contributed by atoms with Crippen molar-refractivity contribution in [3.63, 3.8) is 0 Å². The molecule has 3 aliphatic rings. The number of fused-ring (bicyclic) bond motifs is 1. The smallest absolute Gasteiger partial charge is 0.488 e. The summed E-state index contributed by atoms with van der Waals surface area (Å²) in [6.07, 6.45) is -11.7. The van der Waals surface area contributed by atoms with Gasteiger partial charge in [-0.3, -0.25) is 9.59 Å². The lowest BCUT2D eigenvalue weighted by molar-refractivity contribution is -0.272. The van der Waals surface area contributed by atoms with Gasteiger partial charge in [-0.25, -0.2) is 9.18 Å². The number of carboxylic acids is 1. The van der Waals surface area contributed by atoms with Gasteiger partial charge in [0.05, 0.1) is 12.6 Å². The molecule has 0 aromatic heterocycles. The van der Waals surface area contributed by atoms with Crippen molar-refractivity contribution in [1.29, 1.82) is 0 Å². The van der Waals surface area contributed by atoms with Crippen molar-refractivity contribution in [1.82, 2.24) is 10.2 Å². The molecule has 2 saturated heterocycles. The Labute approximate surface area is 268 Å². The Hall–Kier alpha value is -4.03. The fraction of sp³-hybridized carbons (Fsp3) is 0.500. The van der Waals surface area contributed by atoms with Crippen LogP contribution in [0.4, 0.5) is 40.8 Å². The molecule has 2 fully saturated rings. The molecule has 0 spiro atoms. The number of aliphatic carboxylic acids is 1. The van der Waals surface area contributed by atoms with E-state index >= 15 is 0 Å². The van der Waals surface area contributed by atoms with Crippen molar-refractivity contribution in [2.45, 2.75) is 56.4 Å². The summed E-state index contributed by atoms with van der Waals surface area (Å²) in [6.45, 7) is 3.58. The molecule has 0 unspecified atom stereocenters. The van der Waals surface area contributed by atoms with Gasteiger partial charge in [-0.2, -0.15) is 30.7 Å². The number of halogens is 8. The number of hydrogen-bond donors (Lipinski definition) is 3. The van der Waals surface area contributed by atoms with Crippen LogP contribution in [0.5, 0.6) is 5.75 Å². The lowest BCUT2D eigenvalue weighted by atomic mass is 9.77. The third-order valence-corrected chi connectivity index (χ3v) is 8.55. The third-order valence-electron chi connectivity index (χ3n) is 8.55. The maximum atomic E-state index is 14.9. The fourth-order valence-electron chi connectivity index (χ4n) is 5.63. The van der Waals surface area contributed by atoms with Crippen molar-refractivity contribution in [3.8, 4) is 5.75 Å². The summed E-state index contributed by atoms with van der Waals surface area (Å²) >= 11 is 0. The molecular formula is C30H31F8N3O7. The van der Waals surface area contributed by atoms with Crippen LogP contribution in [0.3, 0.4) is 0 Å². The maximum Gasteiger partial charge on any atom is 0.490 e. The lowest BCUT2D eigenvalue weighted by Gasteiger charge is -2.35. The Bertz CT molecular complexity index is 1550. The molecule has 48 heavy (non-hydrogen) atoms. The predicted molar refractivity (Wildman–Crippen MR) is 150 cm³/mol. The highest BCUT2D eigenvalue weighted by Gasteiger charge is 2.66. The molecule has 5 rings (SSSR count). The number of methoxy groups -OCH3 is 1. The number of carboxylic acid groups (broad SMARTS) is 1. The van der Waals surface area contributed by atoms with E-state index in [0.717, 1.165) is 19.1 Å². The summed E-state index contributed by atoms with van der Waals surface area (Å²) in [4.78, 5) is 36.9. The van der Waals surface area contributed by atoms with E-state index in [2.05, 4.69) is 10.6 Å². The van der Waals surface area contributed by atoms with Crippen molar-refractivity contribution >= 4 is 23.5 Å². The second-order valence-corrected chi connectivity index (χ2v) is 11.5. The lowest BCUT2D eigenvalue weighted by Crippen LogP contribution is -2.57. The Morgan fingerprint density at radius 1 is 1.10 bits per heavy atom. The number of ether oxygens (including phenoxy) is 3. The van der Waals surface area contributed by atoms with E-state index in [0.29, 0.717) is 30.8 Å². The van der Waals surface area contributed by atoms with Crippen LogP contribution in [0.1, 0.15) is 41.3 Å². The van der Waals surface area contributed by atoms with E-state index < -0.39 is 65.2 Å². The summed E-state index contributed by atoms with van der Waals surface area (Å²) < 4.78 is 119. The highest BCUT2D eigenvalue weighted by atomic mass is 19.4. The Morgan fingerprint density at radius 3 is 2.29 bits per heavy atom. The molecule has 3 heterocycles. The first-order valence-electron chi connectivity index (χ1n) is 14.4. The van der Waals surface area contributed by atoms with Gasteiger partial charge in [-0.05, 0) is 36.8 Å². The molecule has 0 radical (unpaired) electrons. The van der Waals surface area contributed by atoms with E-state index in [1.165, 1.54) is 20.1 Å². The minimum absolute atomic E-state index is 0.00577. The number of alkyl halides is 6. The normalized spacial score (nSPS) is 24.0. The van der Waals surface area contributed by atoms with E-state index in [1.54, 1.807) is 17.0 Å². The van der Waals surface area contributed by atoms with Crippen LogP contribution in [0.15, 0.2) is 30.3 Å². The molecule has 10 nitrogen and oxygen atoms in total. The number of nitrogens with zero attached hydrogens (tertiary/aromatic N) is 1. The number of amides is 2. The van der Waals surface area contributed by atoms with Crippen LogP contribution in [0, 0.1) is 17.6 Å². The Morgan fingerprint density at radius 2 is 1.75 bits per heavy atom.